The summed E-state index contributed by atoms with van der Waals surface area (Å²) in [7, 11) is 0. The van der Waals surface area contributed by atoms with Crippen LogP contribution in [0.15, 0.2) is 22.7 Å². The lowest BCUT2D eigenvalue weighted by Crippen LogP contribution is -2.24. The first kappa shape index (κ1) is 12.0. The van der Waals surface area contributed by atoms with Gasteiger partial charge in [-0.1, -0.05) is 6.07 Å². The Morgan fingerprint density at radius 1 is 1.40 bits per heavy atom. The number of esters is 1. The molecule has 3 nitrogen and oxygen atoms in total. The van der Waals surface area contributed by atoms with E-state index in [4.69, 9.17) is 10.5 Å². The first-order valence-corrected chi connectivity index (χ1v) is 5.38. The van der Waals surface area contributed by atoms with Gasteiger partial charge in [-0.25, -0.2) is 4.79 Å². The quantitative estimate of drug-likeness (QED) is 0.631. The Morgan fingerprint density at radius 3 is 2.53 bits per heavy atom. The number of carbonyl (C=O) groups excluding carboxylic acids is 1. The molecule has 0 spiro atoms. The number of benzene rings is 1. The monoisotopic (exact) mass is 271 g/mol. The fraction of sp³-hybridized carbons (Fsp3) is 0.364. The van der Waals surface area contributed by atoms with Crippen LogP contribution in [0.4, 0.5) is 5.69 Å². The number of halogens is 1. The van der Waals surface area contributed by atoms with Gasteiger partial charge in [-0.2, -0.15) is 0 Å². The SMILES string of the molecule is CC(C)(C)OC(=O)c1cccc(Br)c1N. The molecule has 0 atom stereocenters. The van der Waals surface area contributed by atoms with Crippen molar-refractivity contribution >= 4 is 27.6 Å². The molecule has 0 bridgehead atoms. The van der Waals surface area contributed by atoms with E-state index in [-0.39, 0.29) is 0 Å². The highest BCUT2D eigenvalue weighted by atomic mass is 79.9. The van der Waals surface area contributed by atoms with Crippen LogP contribution in [0.5, 0.6) is 0 Å². The van der Waals surface area contributed by atoms with Crippen LogP contribution in [-0.4, -0.2) is 11.6 Å². The van der Waals surface area contributed by atoms with Crippen LogP contribution in [0.3, 0.4) is 0 Å². The van der Waals surface area contributed by atoms with Gasteiger partial charge in [-0.05, 0) is 48.8 Å². The lowest BCUT2D eigenvalue weighted by molar-refractivity contribution is 0.00708. The largest absolute Gasteiger partial charge is 0.456 e. The van der Waals surface area contributed by atoms with Crippen molar-refractivity contribution in [3.8, 4) is 0 Å². The Kier molecular flexibility index (Phi) is 3.39. The molecule has 1 aromatic rings. The van der Waals surface area contributed by atoms with Gasteiger partial charge in [0.1, 0.15) is 5.60 Å². The third-order valence-corrected chi connectivity index (χ3v) is 2.36. The first-order valence-electron chi connectivity index (χ1n) is 4.58. The molecule has 0 radical (unpaired) electrons. The zero-order valence-corrected chi connectivity index (χ0v) is 10.6. The number of hydrogen-bond donors (Lipinski definition) is 1. The topological polar surface area (TPSA) is 52.3 Å². The zero-order valence-electron chi connectivity index (χ0n) is 9.00. The molecule has 82 valence electrons. The van der Waals surface area contributed by atoms with E-state index in [0.717, 1.165) is 0 Å². The minimum Gasteiger partial charge on any atom is -0.456 e. The van der Waals surface area contributed by atoms with Crippen LogP contribution in [0, 0.1) is 0 Å². The summed E-state index contributed by atoms with van der Waals surface area (Å²) in [5.41, 5.74) is 6.04. The molecule has 2 N–H and O–H groups in total. The van der Waals surface area contributed by atoms with E-state index in [9.17, 15) is 4.79 Å². The molecule has 0 aliphatic heterocycles. The number of hydrogen-bond acceptors (Lipinski definition) is 3. The van der Waals surface area contributed by atoms with E-state index in [2.05, 4.69) is 15.9 Å². The van der Waals surface area contributed by atoms with Crippen LogP contribution in [0.1, 0.15) is 31.1 Å². The highest BCUT2D eigenvalue weighted by Crippen LogP contribution is 2.24. The summed E-state index contributed by atoms with van der Waals surface area (Å²) in [6, 6.07) is 5.18. The molecule has 0 unspecified atom stereocenters. The maximum absolute atomic E-state index is 11.7. The standard InChI is InChI=1S/C11H14BrNO2/c1-11(2,3)15-10(14)7-5-4-6-8(12)9(7)13/h4-6H,13H2,1-3H3. The van der Waals surface area contributed by atoms with Crippen LogP contribution >= 0.6 is 15.9 Å². The number of rotatable bonds is 1. The van der Waals surface area contributed by atoms with Crippen molar-refractivity contribution < 1.29 is 9.53 Å². The van der Waals surface area contributed by atoms with Crippen molar-refractivity contribution in [2.45, 2.75) is 26.4 Å². The maximum Gasteiger partial charge on any atom is 0.340 e. The Hall–Kier alpha value is -1.03. The molecule has 0 aliphatic rings. The molecule has 1 aromatic carbocycles. The van der Waals surface area contributed by atoms with Crippen LogP contribution in [0.25, 0.3) is 0 Å². The van der Waals surface area contributed by atoms with Crippen molar-refractivity contribution in [3.63, 3.8) is 0 Å². The van der Waals surface area contributed by atoms with Gasteiger partial charge in [0.2, 0.25) is 0 Å². The number of anilines is 1. The van der Waals surface area contributed by atoms with Gasteiger partial charge in [0.05, 0.1) is 11.3 Å². The second-order valence-electron chi connectivity index (χ2n) is 4.20. The van der Waals surface area contributed by atoms with Crippen molar-refractivity contribution in [3.05, 3.63) is 28.2 Å². The zero-order chi connectivity index (χ0) is 11.6. The number of carbonyl (C=O) groups is 1. The van der Waals surface area contributed by atoms with Gasteiger partial charge in [0.15, 0.2) is 0 Å². The summed E-state index contributed by atoms with van der Waals surface area (Å²) in [5.74, 6) is -0.402. The highest BCUT2D eigenvalue weighted by Gasteiger charge is 2.20. The van der Waals surface area contributed by atoms with E-state index < -0.39 is 11.6 Å². The predicted molar refractivity (Wildman–Crippen MR) is 63.7 cm³/mol. The van der Waals surface area contributed by atoms with Gasteiger partial charge in [0.25, 0.3) is 0 Å². The van der Waals surface area contributed by atoms with E-state index in [0.29, 0.717) is 15.7 Å². The summed E-state index contributed by atoms with van der Waals surface area (Å²) >= 11 is 3.26. The summed E-state index contributed by atoms with van der Waals surface area (Å²) in [5, 5.41) is 0. The summed E-state index contributed by atoms with van der Waals surface area (Å²) in [6.07, 6.45) is 0. The van der Waals surface area contributed by atoms with Gasteiger partial charge >= 0.3 is 5.97 Å². The average Bonchev–Trinajstić information content (AvgIpc) is 2.06. The highest BCUT2D eigenvalue weighted by molar-refractivity contribution is 9.10. The number of nitrogen functional groups attached to an aromatic ring is 1. The average molecular weight is 272 g/mol. The summed E-state index contributed by atoms with van der Waals surface area (Å²) in [4.78, 5) is 11.7. The molecule has 0 aliphatic carbocycles. The van der Waals surface area contributed by atoms with E-state index in [1.807, 2.05) is 20.8 Å². The second kappa shape index (κ2) is 4.23. The lowest BCUT2D eigenvalue weighted by atomic mass is 10.1. The summed E-state index contributed by atoms with van der Waals surface area (Å²) in [6.45, 7) is 5.46. The lowest BCUT2D eigenvalue weighted by Gasteiger charge is -2.20. The fourth-order valence-corrected chi connectivity index (χ4v) is 1.41. The Morgan fingerprint density at radius 2 is 2.00 bits per heavy atom. The van der Waals surface area contributed by atoms with Gasteiger partial charge in [0, 0.05) is 4.47 Å². The molecule has 0 aromatic heterocycles. The molecule has 0 saturated carbocycles. The smallest absolute Gasteiger partial charge is 0.340 e. The molecule has 0 saturated heterocycles. The van der Waals surface area contributed by atoms with E-state index in [1.165, 1.54) is 0 Å². The Bertz CT molecular complexity index is 383. The van der Waals surface area contributed by atoms with Gasteiger partial charge in [-0.15, -0.1) is 0 Å². The first-order chi connectivity index (χ1) is 6.81. The Labute approximate surface area is 97.7 Å². The maximum atomic E-state index is 11.7. The number of nitrogens with two attached hydrogens (primary N) is 1. The second-order valence-corrected chi connectivity index (χ2v) is 5.06. The molecule has 0 heterocycles. The molecule has 0 fully saturated rings. The minimum absolute atomic E-state index is 0.388. The number of para-hydroxylation sites is 1. The molecule has 0 amide bonds. The van der Waals surface area contributed by atoms with Crippen molar-refractivity contribution in [1.29, 1.82) is 0 Å². The van der Waals surface area contributed by atoms with Crippen LogP contribution < -0.4 is 5.73 Å². The van der Waals surface area contributed by atoms with Crippen molar-refractivity contribution in [2.75, 3.05) is 5.73 Å². The Balaban J connectivity index is 2.97. The molecule has 4 heteroatoms. The molecular weight excluding hydrogens is 258 g/mol. The van der Waals surface area contributed by atoms with E-state index >= 15 is 0 Å². The summed E-state index contributed by atoms with van der Waals surface area (Å²) < 4.78 is 5.92. The van der Waals surface area contributed by atoms with Crippen molar-refractivity contribution in [2.24, 2.45) is 0 Å². The third-order valence-electron chi connectivity index (χ3n) is 1.67. The normalized spacial score (nSPS) is 11.2. The van der Waals surface area contributed by atoms with Gasteiger partial charge < -0.3 is 10.5 Å². The third kappa shape index (κ3) is 3.23. The van der Waals surface area contributed by atoms with Crippen LogP contribution in [0.2, 0.25) is 0 Å². The molecule has 1 rings (SSSR count). The molecular formula is C11H14BrNO2. The van der Waals surface area contributed by atoms with Crippen LogP contribution in [-0.2, 0) is 4.74 Å². The number of ether oxygens (including phenoxy) is 1. The fourth-order valence-electron chi connectivity index (χ4n) is 1.05. The minimum atomic E-state index is -0.508. The van der Waals surface area contributed by atoms with Gasteiger partial charge in [-0.3, -0.25) is 0 Å². The van der Waals surface area contributed by atoms with E-state index in [1.54, 1.807) is 18.2 Å². The van der Waals surface area contributed by atoms with Crippen molar-refractivity contribution in [1.82, 2.24) is 0 Å². The predicted octanol–water partition coefficient (Wildman–Crippen LogP) is 2.99. The molecule has 15 heavy (non-hydrogen) atoms.